The Bertz CT molecular complexity index is 568. The van der Waals surface area contributed by atoms with Crippen LogP contribution in [0.2, 0.25) is 0 Å². The lowest BCUT2D eigenvalue weighted by Crippen LogP contribution is -2.45. The van der Waals surface area contributed by atoms with Crippen molar-refractivity contribution >= 4 is 16.2 Å². The van der Waals surface area contributed by atoms with Crippen molar-refractivity contribution < 1.29 is 18.3 Å². The van der Waals surface area contributed by atoms with Crippen molar-refractivity contribution in [1.82, 2.24) is 9.03 Å². The van der Waals surface area contributed by atoms with Crippen LogP contribution in [0.5, 0.6) is 0 Å². The zero-order chi connectivity index (χ0) is 15.3. The summed E-state index contributed by atoms with van der Waals surface area (Å²) in [5.74, 6) is -1.92. The van der Waals surface area contributed by atoms with E-state index < -0.39 is 22.1 Å². The summed E-state index contributed by atoms with van der Waals surface area (Å²) in [5.41, 5.74) is 0.589. The Kier molecular flexibility index (Phi) is 5.33. The van der Waals surface area contributed by atoms with Gasteiger partial charge in [-0.05, 0) is 18.4 Å². The maximum absolute atomic E-state index is 12.2. The maximum atomic E-state index is 12.2. The van der Waals surface area contributed by atoms with Gasteiger partial charge in [0, 0.05) is 19.6 Å². The number of rotatable bonds is 6. The van der Waals surface area contributed by atoms with E-state index in [1.165, 1.54) is 4.31 Å². The number of nitrogens with one attached hydrogen (secondary N) is 1. The van der Waals surface area contributed by atoms with E-state index in [1.54, 1.807) is 30.3 Å². The second-order valence-corrected chi connectivity index (χ2v) is 6.87. The molecule has 2 N–H and O–H groups in total. The molecule has 0 amide bonds. The maximum Gasteiger partial charge on any atom is 0.312 e. The number of carbonyl (C=O) groups is 1. The molecule has 1 heterocycles. The molecule has 0 radical (unpaired) electrons. The Balaban J connectivity index is 2.03. The summed E-state index contributed by atoms with van der Waals surface area (Å²) in [7, 11) is -3.60. The minimum Gasteiger partial charge on any atom is -0.481 e. The zero-order valence-corrected chi connectivity index (χ0v) is 12.6. The van der Waals surface area contributed by atoms with E-state index in [9.17, 15) is 18.3 Å². The summed E-state index contributed by atoms with van der Waals surface area (Å²) < 4.78 is 28.1. The van der Waals surface area contributed by atoms with Crippen LogP contribution in [-0.4, -0.2) is 43.4 Å². The van der Waals surface area contributed by atoms with Crippen LogP contribution in [0.4, 0.5) is 0 Å². The lowest BCUT2D eigenvalue weighted by Gasteiger charge is -2.26. The molecule has 1 atom stereocenters. The molecule has 0 spiro atoms. The minimum absolute atomic E-state index is 0.141. The molecule has 6 nitrogen and oxygen atoms in total. The highest BCUT2D eigenvalue weighted by molar-refractivity contribution is 7.87. The van der Waals surface area contributed by atoms with Crippen LogP contribution >= 0.6 is 0 Å². The van der Waals surface area contributed by atoms with E-state index in [2.05, 4.69) is 4.72 Å². The van der Waals surface area contributed by atoms with Gasteiger partial charge in [-0.15, -0.1) is 0 Å². The van der Waals surface area contributed by atoms with Gasteiger partial charge in [0.05, 0.1) is 5.92 Å². The minimum atomic E-state index is -3.60. The third-order valence-corrected chi connectivity index (χ3v) is 5.20. The number of hydrogen-bond acceptors (Lipinski definition) is 3. The van der Waals surface area contributed by atoms with Crippen molar-refractivity contribution in [2.75, 3.05) is 19.6 Å². The quantitative estimate of drug-likeness (QED) is 0.825. The van der Waals surface area contributed by atoms with Crippen LogP contribution in [0.25, 0.3) is 0 Å². The average molecular weight is 312 g/mol. The molecule has 21 heavy (non-hydrogen) atoms. The van der Waals surface area contributed by atoms with Crippen molar-refractivity contribution in [2.24, 2.45) is 0 Å². The van der Waals surface area contributed by atoms with Gasteiger partial charge in [-0.1, -0.05) is 36.8 Å². The van der Waals surface area contributed by atoms with Crippen molar-refractivity contribution in [1.29, 1.82) is 0 Å². The number of aliphatic carboxylic acids is 1. The van der Waals surface area contributed by atoms with Crippen molar-refractivity contribution in [3.8, 4) is 0 Å². The third-order valence-electron chi connectivity index (χ3n) is 3.62. The second-order valence-electron chi connectivity index (χ2n) is 5.11. The lowest BCUT2D eigenvalue weighted by molar-refractivity contribution is -0.138. The molecule has 2 rings (SSSR count). The van der Waals surface area contributed by atoms with E-state index in [4.69, 9.17) is 0 Å². The van der Waals surface area contributed by atoms with Crippen LogP contribution < -0.4 is 4.72 Å². The van der Waals surface area contributed by atoms with Crippen LogP contribution in [0.3, 0.4) is 0 Å². The van der Waals surface area contributed by atoms with Crippen LogP contribution in [0.15, 0.2) is 30.3 Å². The van der Waals surface area contributed by atoms with E-state index in [0.717, 1.165) is 19.3 Å². The molecule has 0 saturated carbocycles. The number of piperidine rings is 1. The van der Waals surface area contributed by atoms with Crippen molar-refractivity contribution in [2.45, 2.75) is 25.2 Å². The van der Waals surface area contributed by atoms with Crippen LogP contribution in [-0.2, 0) is 15.0 Å². The topological polar surface area (TPSA) is 86.7 Å². The fourth-order valence-corrected chi connectivity index (χ4v) is 3.72. The highest BCUT2D eigenvalue weighted by Gasteiger charge is 2.27. The first-order valence-corrected chi connectivity index (χ1v) is 8.47. The summed E-state index contributed by atoms with van der Waals surface area (Å²) >= 11 is 0. The highest BCUT2D eigenvalue weighted by Crippen LogP contribution is 2.17. The van der Waals surface area contributed by atoms with E-state index in [-0.39, 0.29) is 6.54 Å². The first kappa shape index (κ1) is 15.9. The van der Waals surface area contributed by atoms with Crippen LogP contribution in [0.1, 0.15) is 30.7 Å². The molecule has 1 fully saturated rings. The van der Waals surface area contributed by atoms with Gasteiger partial charge < -0.3 is 5.11 Å². The zero-order valence-electron chi connectivity index (χ0n) is 11.7. The number of benzene rings is 1. The summed E-state index contributed by atoms with van der Waals surface area (Å²) in [5, 5.41) is 9.29. The number of nitrogens with zero attached hydrogens (tertiary/aromatic N) is 1. The molecule has 1 aliphatic heterocycles. The van der Waals surface area contributed by atoms with Gasteiger partial charge in [0.15, 0.2) is 0 Å². The fraction of sp³-hybridized carbons (Fsp3) is 0.500. The standard InChI is InChI=1S/C14H20N2O4S/c17-14(18)13(12-7-3-1-4-8-12)11-15-21(19,20)16-9-5-2-6-10-16/h1,3-4,7-8,13,15H,2,5-6,9-11H2,(H,17,18). The van der Waals surface area contributed by atoms with E-state index in [0.29, 0.717) is 18.7 Å². The van der Waals surface area contributed by atoms with Gasteiger partial charge in [0.25, 0.3) is 10.2 Å². The van der Waals surface area contributed by atoms with Crippen molar-refractivity contribution in [3.63, 3.8) is 0 Å². The molecule has 7 heteroatoms. The summed E-state index contributed by atoms with van der Waals surface area (Å²) in [4.78, 5) is 11.3. The average Bonchev–Trinajstić information content (AvgIpc) is 2.49. The molecule has 0 aromatic heterocycles. The predicted molar refractivity (Wildman–Crippen MR) is 79.2 cm³/mol. The Morgan fingerprint density at radius 1 is 1.19 bits per heavy atom. The Hall–Kier alpha value is -1.44. The molecular weight excluding hydrogens is 292 g/mol. The molecule has 1 aliphatic rings. The Morgan fingerprint density at radius 2 is 1.81 bits per heavy atom. The van der Waals surface area contributed by atoms with Gasteiger partial charge in [-0.2, -0.15) is 12.7 Å². The molecule has 0 aliphatic carbocycles. The number of carboxylic acid groups (broad SMARTS) is 1. The monoisotopic (exact) mass is 312 g/mol. The van der Waals surface area contributed by atoms with Gasteiger partial charge in [-0.25, -0.2) is 4.72 Å². The largest absolute Gasteiger partial charge is 0.481 e. The Morgan fingerprint density at radius 3 is 2.38 bits per heavy atom. The van der Waals surface area contributed by atoms with Gasteiger partial charge in [0.1, 0.15) is 0 Å². The van der Waals surface area contributed by atoms with Crippen molar-refractivity contribution in [3.05, 3.63) is 35.9 Å². The van der Waals surface area contributed by atoms with E-state index in [1.807, 2.05) is 0 Å². The third kappa shape index (κ3) is 4.26. The summed E-state index contributed by atoms with van der Waals surface area (Å²) in [6.07, 6.45) is 2.73. The van der Waals surface area contributed by atoms with Gasteiger partial charge in [0.2, 0.25) is 0 Å². The molecule has 0 bridgehead atoms. The second kappa shape index (κ2) is 7.02. The highest BCUT2D eigenvalue weighted by atomic mass is 32.2. The molecule has 1 aromatic carbocycles. The van der Waals surface area contributed by atoms with E-state index >= 15 is 0 Å². The summed E-state index contributed by atoms with van der Waals surface area (Å²) in [6.45, 7) is 0.856. The molecule has 1 unspecified atom stereocenters. The predicted octanol–water partition coefficient (Wildman–Crippen LogP) is 1.18. The van der Waals surface area contributed by atoms with Gasteiger partial charge >= 0.3 is 5.97 Å². The lowest BCUT2D eigenvalue weighted by atomic mass is 10.00. The van der Waals surface area contributed by atoms with Gasteiger partial charge in [-0.3, -0.25) is 4.79 Å². The molecule has 1 saturated heterocycles. The normalized spacial score (nSPS) is 18.3. The summed E-state index contributed by atoms with van der Waals surface area (Å²) in [6, 6.07) is 8.65. The fourth-order valence-electron chi connectivity index (χ4n) is 2.42. The number of carboxylic acids is 1. The molecule has 116 valence electrons. The number of hydrogen-bond donors (Lipinski definition) is 2. The molecule has 1 aromatic rings. The smallest absolute Gasteiger partial charge is 0.312 e. The first-order valence-electron chi connectivity index (χ1n) is 7.03. The molecular formula is C14H20N2O4S. The first-order chi connectivity index (χ1) is 10.0. The Labute approximate surface area is 125 Å². The van der Waals surface area contributed by atoms with Crippen LogP contribution in [0, 0.1) is 0 Å². The SMILES string of the molecule is O=C(O)C(CNS(=O)(=O)N1CCCCC1)c1ccccc1.